The largest absolute Gasteiger partial charge is 0.478 e. The Morgan fingerprint density at radius 2 is 2.22 bits per heavy atom. The maximum Gasteiger partial charge on any atom is 0.337 e. The van der Waals surface area contributed by atoms with Crippen molar-refractivity contribution >= 4 is 29.2 Å². The first-order chi connectivity index (χ1) is 8.52. The summed E-state index contributed by atoms with van der Waals surface area (Å²) in [6.07, 6.45) is 0.279. The molecule has 0 radical (unpaired) electrons. The van der Waals surface area contributed by atoms with Crippen molar-refractivity contribution in [2.24, 2.45) is 5.92 Å². The third kappa shape index (κ3) is 2.32. The summed E-state index contributed by atoms with van der Waals surface area (Å²) in [7, 11) is 0. The van der Waals surface area contributed by atoms with Crippen LogP contribution in [-0.4, -0.2) is 35.2 Å². The van der Waals surface area contributed by atoms with E-state index < -0.39 is 5.97 Å². The molecule has 1 heterocycles. The molecule has 1 aliphatic rings. The van der Waals surface area contributed by atoms with Gasteiger partial charge in [-0.1, -0.05) is 11.6 Å². The van der Waals surface area contributed by atoms with Crippen LogP contribution in [0.2, 0.25) is 5.02 Å². The third-order valence-corrected chi connectivity index (χ3v) is 3.28. The molecular weight excluding hydrogens is 258 g/mol. The Morgan fingerprint density at radius 1 is 1.50 bits per heavy atom. The Bertz CT molecular complexity index is 503. The molecule has 5 nitrogen and oxygen atoms in total. The number of carbonyl (C=O) groups is 2. The Hall–Kier alpha value is -1.59. The number of anilines is 1. The van der Waals surface area contributed by atoms with Crippen LogP contribution in [0.25, 0.3) is 0 Å². The topological polar surface area (TPSA) is 77.8 Å². The van der Waals surface area contributed by atoms with E-state index in [1.165, 1.54) is 17.0 Å². The van der Waals surface area contributed by atoms with Gasteiger partial charge in [-0.05, 0) is 18.2 Å². The van der Waals surface area contributed by atoms with Crippen LogP contribution in [0.5, 0.6) is 0 Å². The molecule has 1 unspecified atom stereocenters. The highest BCUT2D eigenvalue weighted by atomic mass is 35.5. The lowest BCUT2D eigenvalue weighted by molar-refractivity contribution is -0.117. The van der Waals surface area contributed by atoms with Crippen LogP contribution >= 0.6 is 11.6 Å². The van der Waals surface area contributed by atoms with E-state index >= 15 is 0 Å². The highest BCUT2D eigenvalue weighted by molar-refractivity contribution is 6.33. The van der Waals surface area contributed by atoms with Crippen molar-refractivity contribution in [3.8, 4) is 0 Å². The molecule has 0 aliphatic carbocycles. The predicted molar refractivity (Wildman–Crippen MR) is 66.0 cm³/mol. The minimum atomic E-state index is -1.13. The number of nitrogens with zero attached hydrogens (tertiary/aromatic N) is 1. The van der Waals surface area contributed by atoms with Gasteiger partial charge in [0.15, 0.2) is 0 Å². The van der Waals surface area contributed by atoms with Crippen molar-refractivity contribution < 1.29 is 19.8 Å². The lowest BCUT2D eigenvalue weighted by Crippen LogP contribution is -2.25. The molecule has 0 bridgehead atoms. The molecule has 0 saturated carbocycles. The number of aliphatic hydroxyl groups excluding tert-OH is 1. The van der Waals surface area contributed by atoms with Crippen LogP contribution in [0.4, 0.5) is 5.69 Å². The number of hydrogen-bond acceptors (Lipinski definition) is 3. The average Bonchev–Trinajstić information content (AvgIpc) is 2.71. The van der Waals surface area contributed by atoms with Gasteiger partial charge in [-0.15, -0.1) is 0 Å². The second-order valence-corrected chi connectivity index (χ2v) is 4.63. The number of amides is 1. The van der Waals surface area contributed by atoms with Gasteiger partial charge in [-0.3, -0.25) is 4.79 Å². The first-order valence-corrected chi connectivity index (χ1v) is 5.84. The number of hydrogen-bond donors (Lipinski definition) is 2. The Morgan fingerprint density at radius 3 is 2.78 bits per heavy atom. The summed E-state index contributed by atoms with van der Waals surface area (Å²) >= 11 is 5.77. The van der Waals surface area contributed by atoms with E-state index in [2.05, 4.69) is 0 Å². The van der Waals surface area contributed by atoms with Gasteiger partial charge in [-0.25, -0.2) is 4.79 Å². The number of rotatable bonds is 3. The van der Waals surface area contributed by atoms with Crippen LogP contribution in [0.15, 0.2) is 18.2 Å². The monoisotopic (exact) mass is 269 g/mol. The van der Waals surface area contributed by atoms with E-state index in [0.29, 0.717) is 12.2 Å². The minimum absolute atomic E-state index is 0.0329. The van der Waals surface area contributed by atoms with E-state index in [9.17, 15) is 9.59 Å². The van der Waals surface area contributed by atoms with Gasteiger partial charge in [0.25, 0.3) is 0 Å². The molecule has 1 amide bonds. The highest BCUT2D eigenvalue weighted by Gasteiger charge is 2.30. The smallest absolute Gasteiger partial charge is 0.337 e. The zero-order valence-corrected chi connectivity index (χ0v) is 10.2. The van der Waals surface area contributed by atoms with Crippen molar-refractivity contribution in [3.05, 3.63) is 28.8 Å². The summed E-state index contributed by atoms with van der Waals surface area (Å²) in [6.45, 7) is 0.345. The molecule has 6 heteroatoms. The van der Waals surface area contributed by atoms with Crippen LogP contribution in [0.3, 0.4) is 0 Å². The number of carbonyl (C=O) groups excluding carboxylic acids is 1. The summed E-state index contributed by atoms with van der Waals surface area (Å²) < 4.78 is 0. The third-order valence-electron chi connectivity index (χ3n) is 2.96. The zero-order valence-electron chi connectivity index (χ0n) is 9.47. The first kappa shape index (κ1) is 12.9. The standard InChI is InChI=1S/C12H12ClNO4/c13-10-2-1-8(4-9(10)12(17)18)14-5-7(6-15)3-11(14)16/h1-2,4,7,15H,3,5-6H2,(H,17,18). The van der Waals surface area contributed by atoms with Crippen molar-refractivity contribution in [1.29, 1.82) is 0 Å². The number of benzene rings is 1. The Balaban J connectivity index is 2.32. The molecule has 1 aromatic carbocycles. The quantitative estimate of drug-likeness (QED) is 0.869. The molecule has 1 aromatic rings. The number of aromatic carboxylic acids is 1. The molecule has 1 saturated heterocycles. The Labute approximate surface area is 109 Å². The van der Waals surface area contributed by atoms with E-state index in [1.54, 1.807) is 6.07 Å². The van der Waals surface area contributed by atoms with Crippen LogP contribution < -0.4 is 4.90 Å². The lowest BCUT2D eigenvalue weighted by Gasteiger charge is -2.17. The van der Waals surface area contributed by atoms with Crippen molar-refractivity contribution in [2.75, 3.05) is 18.1 Å². The van der Waals surface area contributed by atoms with Gasteiger partial charge < -0.3 is 15.1 Å². The summed E-state index contributed by atoms with van der Waals surface area (Å²) in [4.78, 5) is 24.2. The van der Waals surface area contributed by atoms with E-state index in [-0.39, 0.29) is 35.4 Å². The lowest BCUT2D eigenvalue weighted by atomic mass is 10.1. The van der Waals surface area contributed by atoms with Gasteiger partial charge in [0.2, 0.25) is 5.91 Å². The normalized spacial score (nSPS) is 19.3. The molecule has 96 valence electrons. The summed E-state index contributed by atoms with van der Waals surface area (Å²) in [5.74, 6) is -1.35. The fourth-order valence-electron chi connectivity index (χ4n) is 2.00. The van der Waals surface area contributed by atoms with Gasteiger partial charge >= 0.3 is 5.97 Å². The second-order valence-electron chi connectivity index (χ2n) is 4.23. The summed E-state index contributed by atoms with van der Waals surface area (Å²) in [6, 6.07) is 4.44. The zero-order chi connectivity index (χ0) is 13.3. The minimum Gasteiger partial charge on any atom is -0.478 e. The number of halogens is 1. The second kappa shape index (κ2) is 4.96. The number of aliphatic hydroxyl groups is 1. The molecule has 2 rings (SSSR count). The summed E-state index contributed by atoms with van der Waals surface area (Å²) in [5.41, 5.74) is 0.465. The highest BCUT2D eigenvalue weighted by Crippen LogP contribution is 2.28. The number of carboxylic acids is 1. The maximum atomic E-state index is 11.7. The fraction of sp³-hybridized carbons (Fsp3) is 0.333. The molecule has 2 N–H and O–H groups in total. The molecule has 1 aliphatic heterocycles. The van der Waals surface area contributed by atoms with Crippen molar-refractivity contribution in [1.82, 2.24) is 0 Å². The van der Waals surface area contributed by atoms with Crippen molar-refractivity contribution in [3.63, 3.8) is 0 Å². The average molecular weight is 270 g/mol. The van der Waals surface area contributed by atoms with E-state index in [4.69, 9.17) is 21.8 Å². The van der Waals surface area contributed by atoms with Crippen LogP contribution in [0, 0.1) is 5.92 Å². The molecule has 0 aromatic heterocycles. The predicted octanol–water partition coefficient (Wildman–Crippen LogP) is 1.38. The van der Waals surface area contributed by atoms with Gasteiger partial charge in [-0.2, -0.15) is 0 Å². The Kier molecular flexibility index (Phi) is 3.54. The summed E-state index contributed by atoms with van der Waals surface area (Å²) in [5, 5.41) is 18.1. The molecule has 1 atom stereocenters. The molecule has 1 fully saturated rings. The molecule has 18 heavy (non-hydrogen) atoms. The van der Waals surface area contributed by atoms with E-state index in [0.717, 1.165) is 0 Å². The maximum absolute atomic E-state index is 11.7. The van der Waals surface area contributed by atoms with Gasteiger partial charge in [0, 0.05) is 31.2 Å². The molecular formula is C12H12ClNO4. The van der Waals surface area contributed by atoms with Gasteiger partial charge in [0.05, 0.1) is 10.6 Å². The number of carboxylic acid groups (broad SMARTS) is 1. The SMILES string of the molecule is O=C(O)c1cc(N2CC(CO)CC2=O)ccc1Cl. The van der Waals surface area contributed by atoms with Crippen molar-refractivity contribution in [2.45, 2.75) is 6.42 Å². The van der Waals surface area contributed by atoms with Crippen LogP contribution in [0.1, 0.15) is 16.8 Å². The first-order valence-electron chi connectivity index (χ1n) is 5.47. The fourth-order valence-corrected chi connectivity index (χ4v) is 2.20. The van der Waals surface area contributed by atoms with E-state index in [1.807, 2.05) is 0 Å². The molecule has 0 spiro atoms. The van der Waals surface area contributed by atoms with Crippen LogP contribution in [-0.2, 0) is 4.79 Å². The van der Waals surface area contributed by atoms with Gasteiger partial charge in [0.1, 0.15) is 0 Å².